The molecule has 1 saturated carbocycles. The summed E-state index contributed by atoms with van der Waals surface area (Å²) in [5.41, 5.74) is -1.80. The first-order valence-electron chi connectivity index (χ1n) is 3.17. The van der Waals surface area contributed by atoms with Crippen molar-refractivity contribution in [3.8, 4) is 0 Å². The zero-order valence-electron chi connectivity index (χ0n) is 5.57. The van der Waals surface area contributed by atoms with Gasteiger partial charge < -0.3 is 5.11 Å². The Morgan fingerprint density at radius 2 is 2.20 bits per heavy atom. The highest BCUT2D eigenvalue weighted by atomic mass is 79.9. The fourth-order valence-electron chi connectivity index (χ4n) is 1.13. The lowest BCUT2D eigenvalue weighted by molar-refractivity contribution is -0.194. The second-order valence-electron chi connectivity index (χ2n) is 2.86. The van der Waals surface area contributed by atoms with E-state index in [2.05, 4.69) is 15.9 Å². The molecule has 10 heavy (non-hydrogen) atoms. The number of halogens is 3. The molecule has 0 heterocycles. The molecule has 1 nitrogen and oxygen atoms in total. The second-order valence-corrected chi connectivity index (χ2v) is 3.86. The van der Waals surface area contributed by atoms with E-state index in [4.69, 9.17) is 0 Å². The minimum atomic E-state index is -3.13. The van der Waals surface area contributed by atoms with Gasteiger partial charge in [0.2, 0.25) is 0 Å². The lowest BCUT2D eigenvalue weighted by Crippen LogP contribution is -2.56. The Morgan fingerprint density at radius 1 is 1.70 bits per heavy atom. The topological polar surface area (TPSA) is 20.2 Å². The molecule has 0 aliphatic heterocycles. The summed E-state index contributed by atoms with van der Waals surface area (Å²) in [5, 5.41) is 9.22. The first kappa shape index (κ1) is 8.40. The minimum Gasteiger partial charge on any atom is -0.382 e. The predicted molar refractivity (Wildman–Crippen MR) is 37.2 cm³/mol. The monoisotopic (exact) mass is 214 g/mol. The Kier molecular flexibility index (Phi) is 1.80. The fraction of sp³-hybridized carbons (Fsp3) is 1.00. The molecule has 0 bridgehead atoms. The molecule has 0 saturated heterocycles. The van der Waals surface area contributed by atoms with Gasteiger partial charge in [-0.15, -0.1) is 0 Å². The smallest absolute Gasteiger partial charge is 0.329 e. The third kappa shape index (κ3) is 0.975. The molecule has 0 aromatic rings. The summed E-state index contributed by atoms with van der Waals surface area (Å²) in [4.78, 5) is -3.13. The Morgan fingerprint density at radius 3 is 2.20 bits per heavy atom. The van der Waals surface area contributed by atoms with E-state index in [1.165, 1.54) is 0 Å². The van der Waals surface area contributed by atoms with Crippen molar-refractivity contribution in [1.82, 2.24) is 0 Å². The van der Waals surface area contributed by atoms with Crippen molar-refractivity contribution in [3.05, 3.63) is 0 Å². The molecule has 60 valence electrons. The summed E-state index contributed by atoms with van der Waals surface area (Å²) in [6.07, 6.45) is 0.865. The van der Waals surface area contributed by atoms with Crippen LogP contribution < -0.4 is 0 Å². The zero-order valence-corrected chi connectivity index (χ0v) is 7.16. The molecule has 1 aliphatic carbocycles. The molecular weight excluding hydrogens is 206 g/mol. The van der Waals surface area contributed by atoms with Crippen molar-refractivity contribution in [2.75, 3.05) is 0 Å². The van der Waals surface area contributed by atoms with Crippen molar-refractivity contribution in [3.63, 3.8) is 0 Å². The van der Waals surface area contributed by atoms with Crippen molar-refractivity contribution in [2.24, 2.45) is 5.92 Å². The Labute approximate surface area is 66.6 Å². The summed E-state index contributed by atoms with van der Waals surface area (Å²) in [7, 11) is 0. The number of hydrogen-bond acceptors (Lipinski definition) is 1. The number of rotatable bonds is 1. The van der Waals surface area contributed by atoms with Gasteiger partial charge in [-0.25, -0.2) is 0 Å². The van der Waals surface area contributed by atoms with Gasteiger partial charge in [0.15, 0.2) is 0 Å². The van der Waals surface area contributed by atoms with E-state index in [0.717, 1.165) is 0 Å². The number of hydrogen-bond donors (Lipinski definition) is 1. The van der Waals surface area contributed by atoms with Crippen molar-refractivity contribution >= 4 is 15.9 Å². The molecule has 0 aromatic carbocycles. The molecule has 0 spiro atoms. The van der Waals surface area contributed by atoms with Crippen LogP contribution in [0.2, 0.25) is 0 Å². The molecular formula is C6H9BrF2O. The quantitative estimate of drug-likeness (QED) is 0.664. The summed E-state index contributed by atoms with van der Waals surface area (Å²) < 4.78 is 24.9. The normalized spacial score (nSPS) is 41.1. The molecule has 0 radical (unpaired) electrons. The maximum atomic E-state index is 12.5. The SMILES string of the molecule is CC1CCC1(O)C(F)(F)Br. The highest BCUT2D eigenvalue weighted by molar-refractivity contribution is 9.10. The number of alkyl halides is 3. The molecule has 1 N–H and O–H groups in total. The van der Waals surface area contributed by atoms with Gasteiger partial charge in [-0.3, -0.25) is 0 Å². The van der Waals surface area contributed by atoms with Gasteiger partial charge in [0.25, 0.3) is 0 Å². The molecule has 1 fully saturated rings. The maximum absolute atomic E-state index is 12.5. The van der Waals surface area contributed by atoms with Crippen LogP contribution in [0.1, 0.15) is 19.8 Å². The lowest BCUT2D eigenvalue weighted by Gasteiger charge is -2.45. The Hall–Kier alpha value is 0.300. The van der Waals surface area contributed by atoms with E-state index >= 15 is 0 Å². The van der Waals surface area contributed by atoms with Crippen LogP contribution in [0.15, 0.2) is 0 Å². The van der Waals surface area contributed by atoms with E-state index in [0.29, 0.717) is 6.42 Å². The van der Waals surface area contributed by atoms with Crippen LogP contribution in [-0.2, 0) is 0 Å². The van der Waals surface area contributed by atoms with Crippen LogP contribution in [0.25, 0.3) is 0 Å². The molecule has 1 aliphatic rings. The van der Waals surface area contributed by atoms with Crippen LogP contribution in [0.4, 0.5) is 8.78 Å². The van der Waals surface area contributed by atoms with Crippen LogP contribution in [0, 0.1) is 5.92 Å². The summed E-state index contributed by atoms with van der Waals surface area (Å²) >= 11 is 2.17. The highest BCUT2D eigenvalue weighted by Gasteiger charge is 2.59. The Balaban J connectivity index is 2.70. The molecule has 1 rings (SSSR count). The largest absolute Gasteiger partial charge is 0.382 e. The van der Waals surface area contributed by atoms with Crippen molar-refractivity contribution < 1.29 is 13.9 Å². The first-order chi connectivity index (χ1) is 4.38. The van der Waals surface area contributed by atoms with Gasteiger partial charge in [-0.1, -0.05) is 6.92 Å². The third-order valence-corrected chi connectivity index (χ3v) is 2.95. The van der Waals surface area contributed by atoms with E-state index in [9.17, 15) is 13.9 Å². The highest BCUT2D eigenvalue weighted by Crippen LogP contribution is 2.51. The van der Waals surface area contributed by atoms with Crippen molar-refractivity contribution in [2.45, 2.75) is 30.2 Å². The van der Waals surface area contributed by atoms with Gasteiger partial charge in [-0.05, 0) is 34.7 Å². The van der Waals surface area contributed by atoms with E-state index in [1.54, 1.807) is 6.92 Å². The van der Waals surface area contributed by atoms with Crippen LogP contribution in [0.5, 0.6) is 0 Å². The van der Waals surface area contributed by atoms with Gasteiger partial charge >= 0.3 is 4.83 Å². The molecule has 0 aromatic heterocycles. The first-order valence-corrected chi connectivity index (χ1v) is 3.96. The van der Waals surface area contributed by atoms with Gasteiger partial charge in [0.05, 0.1) is 0 Å². The van der Waals surface area contributed by atoms with E-state index in [-0.39, 0.29) is 12.3 Å². The molecule has 2 unspecified atom stereocenters. The van der Waals surface area contributed by atoms with Crippen LogP contribution in [-0.4, -0.2) is 15.5 Å². The fourth-order valence-corrected chi connectivity index (χ4v) is 1.72. The molecule has 0 amide bonds. The van der Waals surface area contributed by atoms with E-state index in [1.807, 2.05) is 0 Å². The van der Waals surface area contributed by atoms with Crippen LogP contribution in [0.3, 0.4) is 0 Å². The Bertz CT molecular complexity index is 145. The standard InChI is InChI=1S/C6H9BrF2O/c1-4-2-3-5(4,10)6(7,8)9/h4,10H,2-3H2,1H3. The average Bonchev–Trinajstić information content (AvgIpc) is 1.80. The van der Waals surface area contributed by atoms with Crippen LogP contribution >= 0.6 is 15.9 Å². The summed E-state index contributed by atoms with van der Waals surface area (Å²) in [6, 6.07) is 0. The van der Waals surface area contributed by atoms with Gasteiger partial charge in [0, 0.05) is 0 Å². The maximum Gasteiger partial charge on any atom is 0.329 e. The van der Waals surface area contributed by atoms with Gasteiger partial charge in [-0.2, -0.15) is 8.78 Å². The van der Waals surface area contributed by atoms with E-state index < -0.39 is 10.4 Å². The lowest BCUT2D eigenvalue weighted by atomic mass is 9.71. The van der Waals surface area contributed by atoms with Crippen molar-refractivity contribution in [1.29, 1.82) is 0 Å². The zero-order chi connectivity index (χ0) is 7.99. The second kappa shape index (κ2) is 2.14. The summed E-state index contributed by atoms with van der Waals surface area (Å²) in [6.45, 7) is 1.62. The molecule has 2 atom stereocenters. The minimum absolute atomic E-state index is 0.187. The summed E-state index contributed by atoms with van der Waals surface area (Å²) in [5.74, 6) is -0.304. The average molecular weight is 215 g/mol. The molecule has 4 heteroatoms. The third-order valence-electron chi connectivity index (χ3n) is 2.26. The predicted octanol–water partition coefficient (Wildman–Crippen LogP) is 2.14. The number of aliphatic hydroxyl groups is 1. The van der Waals surface area contributed by atoms with Gasteiger partial charge in [0.1, 0.15) is 5.60 Å².